The van der Waals surface area contributed by atoms with Crippen molar-refractivity contribution in [2.45, 2.75) is 13.8 Å². The number of anilines is 1. The normalized spacial score (nSPS) is 10.8. The highest BCUT2D eigenvalue weighted by Crippen LogP contribution is 2.28. The van der Waals surface area contributed by atoms with Gasteiger partial charge >= 0.3 is 0 Å². The standard InChI is InChI=1S/C25H23N3O4/c1-15-13-18(28-16(2)26-21-8-6-5-7-19(21)25(28)30)10-11-20(15)27-24(29)17-9-12-22(31-3)23(14-17)32-4/h5-14H,1-4H3,(H,27,29). The Morgan fingerprint density at radius 2 is 1.69 bits per heavy atom. The zero-order valence-corrected chi connectivity index (χ0v) is 18.3. The molecule has 0 saturated heterocycles. The average molecular weight is 429 g/mol. The minimum Gasteiger partial charge on any atom is -0.493 e. The monoisotopic (exact) mass is 429 g/mol. The molecular formula is C25H23N3O4. The molecule has 0 atom stereocenters. The molecule has 0 unspecified atom stereocenters. The molecule has 0 fully saturated rings. The van der Waals surface area contributed by atoms with E-state index in [1.807, 2.05) is 31.2 Å². The first-order chi connectivity index (χ1) is 15.4. The Bertz CT molecular complexity index is 1390. The van der Waals surface area contributed by atoms with Crippen LogP contribution in [0.5, 0.6) is 11.5 Å². The number of carbonyl (C=O) groups excluding carboxylic acids is 1. The van der Waals surface area contributed by atoms with E-state index in [0.29, 0.717) is 45.2 Å². The van der Waals surface area contributed by atoms with Crippen LogP contribution in [-0.2, 0) is 0 Å². The Hall–Kier alpha value is -4.13. The van der Waals surface area contributed by atoms with Crippen LogP contribution in [-0.4, -0.2) is 29.7 Å². The number of amides is 1. The van der Waals surface area contributed by atoms with Crippen molar-refractivity contribution < 1.29 is 14.3 Å². The molecule has 32 heavy (non-hydrogen) atoms. The predicted octanol–water partition coefficient (Wildman–Crippen LogP) is 4.27. The van der Waals surface area contributed by atoms with E-state index < -0.39 is 0 Å². The molecule has 162 valence electrons. The highest BCUT2D eigenvalue weighted by molar-refractivity contribution is 6.05. The summed E-state index contributed by atoms with van der Waals surface area (Å²) in [6, 6.07) is 17.7. The lowest BCUT2D eigenvalue weighted by Crippen LogP contribution is -2.22. The fourth-order valence-corrected chi connectivity index (χ4v) is 3.65. The molecule has 4 aromatic rings. The van der Waals surface area contributed by atoms with Crippen LogP contribution in [0.15, 0.2) is 65.5 Å². The minimum atomic E-state index is -0.275. The zero-order valence-electron chi connectivity index (χ0n) is 18.3. The lowest BCUT2D eigenvalue weighted by molar-refractivity contribution is 0.102. The lowest BCUT2D eigenvalue weighted by atomic mass is 10.1. The van der Waals surface area contributed by atoms with Crippen molar-refractivity contribution in [3.8, 4) is 17.2 Å². The van der Waals surface area contributed by atoms with E-state index in [1.54, 1.807) is 55.0 Å². The quantitative estimate of drug-likeness (QED) is 0.512. The van der Waals surface area contributed by atoms with Gasteiger partial charge in [-0.15, -0.1) is 0 Å². The van der Waals surface area contributed by atoms with Crippen LogP contribution in [0.25, 0.3) is 16.6 Å². The van der Waals surface area contributed by atoms with Crippen LogP contribution < -0.4 is 20.3 Å². The fourth-order valence-electron chi connectivity index (χ4n) is 3.65. The van der Waals surface area contributed by atoms with E-state index >= 15 is 0 Å². The smallest absolute Gasteiger partial charge is 0.265 e. The molecule has 7 heteroatoms. The Morgan fingerprint density at radius 3 is 2.41 bits per heavy atom. The molecule has 3 aromatic carbocycles. The summed E-state index contributed by atoms with van der Waals surface area (Å²) < 4.78 is 12.1. The van der Waals surface area contributed by atoms with Crippen LogP contribution in [0, 0.1) is 13.8 Å². The first-order valence-electron chi connectivity index (χ1n) is 10.1. The van der Waals surface area contributed by atoms with E-state index in [1.165, 1.54) is 7.11 Å². The number of ether oxygens (including phenoxy) is 2. The molecule has 0 radical (unpaired) electrons. The van der Waals surface area contributed by atoms with Crippen molar-refractivity contribution in [2.24, 2.45) is 0 Å². The molecular weight excluding hydrogens is 406 g/mol. The van der Waals surface area contributed by atoms with Gasteiger partial charge in [-0.2, -0.15) is 0 Å². The Morgan fingerprint density at radius 1 is 0.938 bits per heavy atom. The number of fused-ring (bicyclic) bond motifs is 1. The third-order valence-corrected chi connectivity index (χ3v) is 5.31. The summed E-state index contributed by atoms with van der Waals surface area (Å²) in [5.41, 5.74) is 3.13. The van der Waals surface area contributed by atoms with Gasteiger partial charge in [-0.3, -0.25) is 14.2 Å². The Kier molecular flexibility index (Phi) is 5.64. The number of hydrogen-bond donors (Lipinski definition) is 1. The summed E-state index contributed by atoms with van der Waals surface area (Å²) in [4.78, 5) is 30.4. The SMILES string of the molecule is COc1ccc(C(=O)Nc2ccc(-n3c(C)nc4ccccc4c3=O)cc2C)cc1OC. The average Bonchev–Trinajstić information content (AvgIpc) is 2.80. The zero-order chi connectivity index (χ0) is 22.8. The van der Waals surface area contributed by atoms with E-state index in [2.05, 4.69) is 10.3 Å². The van der Waals surface area contributed by atoms with Crippen molar-refractivity contribution in [3.05, 3.63) is 88.0 Å². The number of aryl methyl sites for hydroxylation is 2. The van der Waals surface area contributed by atoms with Gasteiger partial charge in [-0.05, 0) is 67.9 Å². The van der Waals surface area contributed by atoms with Crippen LogP contribution in [0.4, 0.5) is 5.69 Å². The molecule has 0 aliphatic heterocycles. The summed E-state index contributed by atoms with van der Waals surface area (Å²) >= 11 is 0. The molecule has 0 aliphatic carbocycles. The van der Waals surface area contributed by atoms with Gasteiger partial charge in [-0.1, -0.05) is 12.1 Å². The molecule has 0 saturated carbocycles. The molecule has 1 aromatic heterocycles. The van der Waals surface area contributed by atoms with Crippen molar-refractivity contribution in [1.29, 1.82) is 0 Å². The van der Waals surface area contributed by atoms with Gasteiger partial charge in [0.05, 0.1) is 30.8 Å². The van der Waals surface area contributed by atoms with Gasteiger partial charge in [0.1, 0.15) is 5.82 Å². The van der Waals surface area contributed by atoms with Gasteiger partial charge in [0.2, 0.25) is 0 Å². The molecule has 0 spiro atoms. The lowest BCUT2D eigenvalue weighted by Gasteiger charge is -2.14. The molecule has 1 heterocycles. The van der Waals surface area contributed by atoms with E-state index in [4.69, 9.17) is 9.47 Å². The van der Waals surface area contributed by atoms with E-state index in [-0.39, 0.29) is 11.5 Å². The number of carbonyl (C=O) groups is 1. The highest BCUT2D eigenvalue weighted by atomic mass is 16.5. The largest absolute Gasteiger partial charge is 0.493 e. The van der Waals surface area contributed by atoms with Crippen molar-refractivity contribution in [3.63, 3.8) is 0 Å². The molecule has 1 N–H and O–H groups in total. The molecule has 7 nitrogen and oxygen atoms in total. The summed E-state index contributed by atoms with van der Waals surface area (Å²) in [7, 11) is 3.06. The Labute approximate surface area is 185 Å². The maximum absolute atomic E-state index is 13.1. The van der Waals surface area contributed by atoms with Gasteiger partial charge in [0.15, 0.2) is 11.5 Å². The number of methoxy groups -OCH3 is 2. The van der Waals surface area contributed by atoms with Crippen LogP contribution in [0.1, 0.15) is 21.7 Å². The predicted molar refractivity (Wildman–Crippen MR) is 124 cm³/mol. The van der Waals surface area contributed by atoms with E-state index in [9.17, 15) is 9.59 Å². The second-order valence-electron chi connectivity index (χ2n) is 7.34. The first kappa shape index (κ1) is 21.1. The fraction of sp³-hybridized carbons (Fsp3) is 0.160. The number of aromatic nitrogens is 2. The molecule has 0 aliphatic rings. The second kappa shape index (κ2) is 8.55. The van der Waals surface area contributed by atoms with Crippen LogP contribution in [0.3, 0.4) is 0 Å². The summed E-state index contributed by atoms with van der Waals surface area (Å²) in [5.74, 6) is 1.35. The number of nitrogens with zero attached hydrogens (tertiary/aromatic N) is 2. The maximum atomic E-state index is 13.1. The van der Waals surface area contributed by atoms with Gasteiger partial charge in [0, 0.05) is 11.3 Å². The number of para-hydroxylation sites is 1. The van der Waals surface area contributed by atoms with Crippen molar-refractivity contribution in [1.82, 2.24) is 9.55 Å². The maximum Gasteiger partial charge on any atom is 0.265 e. The number of nitrogens with one attached hydrogen (secondary N) is 1. The minimum absolute atomic E-state index is 0.130. The Balaban J connectivity index is 1.66. The van der Waals surface area contributed by atoms with Crippen molar-refractivity contribution >= 4 is 22.5 Å². The topological polar surface area (TPSA) is 82.5 Å². The third kappa shape index (κ3) is 3.80. The number of benzene rings is 3. The second-order valence-corrected chi connectivity index (χ2v) is 7.34. The first-order valence-corrected chi connectivity index (χ1v) is 10.1. The van der Waals surface area contributed by atoms with Gasteiger partial charge < -0.3 is 14.8 Å². The molecule has 0 bridgehead atoms. The summed E-state index contributed by atoms with van der Waals surface area (Å²) in [5, 5.41) is 3.47. The highest BCUT2D eigenvalue weighted by Gasteiger charge is 2.14. The summed E-state index contributed by atoms with van der Waals surface area (Å²) in [6.45, 7) is 3.68. The molecule has 1 amide bonds. The number of hydrogen-bond acceptors (Lipinski definition) is 5. The van der Waals surface area contributed by atoms with Gasteiger partial charge in [-0.25, -0.2) is 4.98 Å². The summed E-state index contributed by atoms with van der Waals surface area (Å²) in [6.07, 6.45) is 0. The number of rotatable bonds is 5. The van der Waals surface area contributed by atoms with Crippen molar-refractivity contribution in [2.75, 3.05) is 19.5 Å². The molecule has 4 rings (SSSR count). The third-order valence-electron chi connectivity index (χ3n) is 5.31. The van der Waals surface area contributed by atoms with Crippen LogP contribution in [0.2, 0.25) is 0 Å². The van der Waals surface area contributed by atoms with E-state index in [0.717, 1.165) is 5.56 Å². The van der Waals surface area contributed by atoms with Gasteiger partial charge in [0.25, 0.3) is 11.5 Å². The van der Waals surface area contributed by atoms with Crippen LogP contribution >= 0.6 is 0 Å².